The summed E-state index contributed by atoms with van der Waals surface area (Å²) < 4.78 is 11.5. The van der Waals surface area contributed by atoms with Crippen molar-refractivity contribution in [1.29, 1.82) is 0 Å². The number of fused-ring (bicyclic) bond motifs is 1. The highest BCUT2D eigenvalue weighted by atomic mass is 32.1. The van der Waals surface area contributed by atoms with Crippen molar-refractivity contribution in [2.24, 2.45) is 0 Å². The first kappa shape index (κ1) is 25.8. The first-order chi connectivity index (χ1) is 17.4. The number of thiophene rings is 1. The van der Waals surface area contributed by atoms with E-state index in [0.29, 0.717) is 31.0 Å². The molecule has 0 unspecified atom stereocenters. The van der Waals surface area contributed by atoms with Crippen LogP contribution in [0.3, 0.4) is 0 Å². The summed E-state index contributed by atoms with van der Waals surface area (Å²) in [6, 6.07) is 15.1. The Labute approximate surface area is 217 Å². The lowest BCUT2D eigenvalue weighted by molar-refractivity contribution is -0.135. The van der Waals surface area contributed by atoms with Gasteiger partial charge in [-0.3, -0.25) is 9.59 Å². The zero-order valence-electron chi connectivity index (χ0n) is 21.5. The minimum atomic E-state index is -0.187. The van der Waals surface area contributed by atoms with E-state index in [9.17, 15) is 9.59 Å². The Bertz CT molecular complexity index is 1200. The van der Waals surface area contributed by atoms with Crippen molar-refractivity contribution in [2.75, 3.05) is 33.4 Å². The maximum atomic E-state index is 13.6. The van der Waals surface area contributed by atoms with Crippen molar-refractivity contribution in [3.05, 3.63) is 81.0 Å². The van der Waals surface area contributed by atoms with Crippen LogP contribution in [0, 0.1) is 13.8 Å². The van der Waals surface area contributed by atoms with Crippen LogP contribution in [0.2, 0.25) is 0 Å². The fourth-order valence-electron chi connectivity index (χ4n) is 4.70. The molecule has 0 bridgehead atoms. The van der Waals surface area contributed by atoms with Gasteiger partial charge >= 0.3 is 0 Å². The van der Waals surface area contributed by atoms with Gasteiger partial charge in [0.25, 0.3) is 5.91 Å². The van der Waals surface area contributed by atoms with E-state index >= 15 is 0 Å². The van der Waals surface area contributed by atoms with E-state index in [1.165, 1.54) is 10.4 Å². The SMILES string of the molecule is CCCN(CC(=O)N1CCc2sccc2[C@@H]1COc1ccc(C)cc1C)C(=O)c1ccc(OC)cc1. The van der Waals surface area contributed by atoms with Gasteiger partial charge in [-0.05, 0) is 79.6 Å². The zero-order valence-corrected chi connectivity index (χ0v) is 22.3. The summed E-state index contributed by atoms with van der Waals surface area (Å²) in [4.78, 5) is 31.7. The second-order valence-corrected chi connectivity index (χ2v) is 10.2. The topological polar surface area (TPSA) is 59.1 Å². The molecule has 1 aliphatic heterocycles. The maximum absolute atomic E-state index is 13.6. The molecule has 190 valence electrons. The number of nitrogens with zero attached hydrogens (tertiary/aromatic N) is 2. The Morgan fingerprint density at radius 1 is 1.11 bits per heavy atom. The number of amides is 2. The van der Waals surface area contributed by atoms with Crippen molar-refractivity contribution in [2.45, 2.75) is 39.7 Å². The first-order valence-corrected chi connectivity index (χ1v) is 13.3. The van der Waals surface area contributed by atoms with Crippen LogP contribution in [0.1, 0.15) is 51.3 Å². The summed E-state index contributed by atoms with van der Waals surface area (Å²) in [7, 11) is 1.59. The van der Waals surface area contributed by atoms with Gasteiger partial charge in [0.1, 0.15) is 24.7 Å². The molecule has 0 radical (unpaired) electrons. The first-order valence-electron chi connectivity index (χ1n) is 12.4. The number of carbonyl (C=O) groups excluding carboxylic acids is 2. The average molecular weight is 507 g/mol. The number of methoxy groups -OCH3 is 1. The summed E-state index contributed by atoms with van der Waals surface area (Å²) in [5, 5.41) is 2.08. The Morgan fingerprint density at radius 3 is 2.58 bits per heavy atom. The minimum Gasteiger partial charge on any atom is -0.497 e. The van der Waals surface area contributed by atoms with E-state index in [4.69, 9.17) is 9.47 Å². The van der Waals surface area contributed by atoms with Gasteiger partial charge in [0.2, 0.25) is 5.91 Å². The molecule has 0 fully saturated rings. The lowest BCUT2D eigenvalue weighted by atomic mass is 10.00. The molecule has 2 aromatic carbocycles. The van der Waals surface area contributed by atoms with Crippen LogP contribution in [-0.4, -0.2) is 55.0 Å². The van der Waals surface area contributed by atoms with E-state index in [-0.39, 0.29) is 24.4 Å². The molecule has 6 nitrogen and oxygen atoms in total. The van der Waals surface area contributed by atoms with E-state index < -0.39 is 0 Å². The van der Waals surface area contributed by atoms with Crippen molar-refractivity contribution < 1.29 is 19.1 Å². The summed E-state index contributed by atoms with van der Waals surface area (Å²) in [6.45, 7) is 7.65. The van der Waals surface area contributed by atoms with Crippen LogP contribution in [0.25, 0.3) is 0 Å². The Hall–Kier alpha value is -3.32. The molecule has 7 heteroatoms. The molecule has 1 atom stereocenters. The van der Waals surface area contributed by atoms with Gasteiger partial charge in [-0.2, -0.15) is 0 Å². The van der Waals surface area contributed by atoms with Gasteiger partial charge in [-0.25, -0.2) is 0 Å². The van der Waals surface area contributed by atoms with Crippen LogP contribution in [-0.2, 0) is 11.2 Å². The average Bonchev–Trinajstić information content (AvgIpc) is 3.36. The van der Waals surface area contributed by atoms with Gasteiger partial charge in [0.15, 0.2) is 0 Å². The molecule has 0 spiro atoms. The smallest absolute Gasteiger partial charge is 0.254 e. The second kappa shape index (κ2) is 11.6. The minimum absolute atomic E-state index is 0.0399. The molecule has 0 saturated carbocycles. The predicted octanol–water partition coefficient (Wildman–Crippen LogP) is 5.43. The Balaban J connectivity index is 1.52. The molecule has 3 aromatic rings. The van der Waals surface area contributed by atoms with Crippen LogP contribution in [0.15, 0.2) is 53.9 Å². The Morgan fingerprint density at radius 2 is 1.89 bits per heavy atom. The molecule has 0 aliphatic carbocycles. The highest BCUT2D eigenvalue weighted by molar-refractivity contribution is 7.10. The van der Waals surface area contributed by atoms with E-state index in [1.54, 1.807) is 47.6 Å². The third-order valence-corrected chi connectivity index (χ3v) is 7.58. The molecule has 1 aliphatic rings. The number of hydrogen-bond donors (Lipinski definition) is 0. The summed E-state index contributed by atoms with van der Waals surface area (Å²) in [6.07, 6.45) is 1.59. The molecule has 2 amide bonds. The molecule has 4 rings (SSSR count). The molecule has 36 heavy (non-hydrogen) atoms. The number of rotatable bonds is 9. The molecule has 1 aromatic heterocycles. The van der Waals surface area contributed by atoms with E-state index in [0.717, 1.165) is 29.7 Å². The predicted molar refractivity (Wildman–Crippen MR) is 143 cm³/mol. The number of ether oxygens (including phenoxy) is 2. The summed E-state index contributed by atoms with van der Waals surface area (Å²) in [5.74, 6) is 1.31. The standard InChI is InChI=1S/C29H34N2O4S/c1-5-14-30(29(33)22-7-9-23(34-4)10-8-22)18-28(32)31-15-12-27-24(13-16-36-27)25(31)19-35-26-11-6-20(2)17-21(26)3/h6-11,13,16-17,25H,5,12,14-15,18-19H2,1-4H3/t25-/m0/s1. The Kier molecular flexibility index (Phi) is 8.31. The fourth-order valence-corrected chi connectivity index (χ4v) is 5.63. The number of hydrogen-bond acceptors (Lipinski definition) is 5. The van der Waals surface area contributed by atoms with Gasteiger partial charge in [0, 0.05) is 23.5 Å². The van der Waals surface area contributed by atoms with Crippen LogP contribution in [0.4, 0.5) is 0 Å². The number of aryl methyl sites for hydroxylation is 2. The molecule has 0 N–H and O–H groups in total. The van der Waals surface area contributed by atoms with Gasteiger partial charge in [0.05, 0.1) is 13.2 Å². The molecule has 2 heterocycles. The van der Waals surface area contributed by atoms with Crippen molar-refractivity contribution in [3.63, 3.8) is 0 Å². The van der Waals surface area contributed by atoms with Crippen LogP contribution < -0.4 is 9.47 Å². The third kappa shape index (κ3) is 5.73. The van der Waals surface area contributed by atoms with Crippen molar-refractivity contribution in [3.8, 4) is 11.5 Å². The lowest BCUT2D eigenvalue weighted by Gasteiger charge is -2.37. The van der Waals surface area contributed by atoms with Gasteiger partial charge in [-0.1, -0.05) is 24.6 Å². The lowest BCUT2D eigenvalue weighted by Crippen LogP contribution is -2.48. The van der Waals surface area contributed by atoms with E-state index in [2.05, 4.69) is 24.4 Å². The summed E-state index contributed by atoms with van der Waals surface area (Å²) >= 11 is 1.73. The zero-order chi connectivity index (χ0) is 25.7. The van der Waals surface area contributed by atoms with Crippen LogP contribution >= 0.6 is 11.3 Å². The molecule has 0 saturated heterocycles. The maximum Gasteiger partial charge on any atom is 0.254 e. The third-order valence-electron chi connectivity index (χ3n) is 6.59. The highest BCUT2D eigenvalue weighted by Gasteiger charge is 2.33. The number of carbonyl (C=O) groups is 2. The normalized spacial score (nSPS) is 14.8. The quantitative estimate of drug-likeness (QED) is 0.388. The monoisotopic (exact) mass is 506 g/mol. The molecular weight excluding hydrogens is 472 g/mol. The largest absolute Gasteiger partial charge is 0.497 e. The van der Waals surface area contributed by atoms with Gasteiger partial charge in [-0.15, -0.1) is 11.3 Å². The molecular formula is C29H34N2O4S. The van der Waals surface area contributed by atoms with Crippen LogP contribution in [0.5, 0.6) is 11.5 Å². The summed E-state index contributed by atoms with van der Waals surface area (Å²) in [5.41, 5.74) is 3.96. The van der Waals surface area contributed by atoms with E-state index in [1.807, 2.05) is 30.9 Å². The van der Waals surface area contributed by atoms with Crippen molar-refractivity contribution in [1.82, 2.24) is 9.80 Å². The second-order valence-electron chi connectivity index (χ2n) is 9.19. The van der Waals surface area contributed by atoms with Gasteiger partial charge < -0.3 is 19.3 Å². The van der Waals surface area contributed by atoms with Crippen molar-refractivity contribution >= 4 is 23.2 Å². The number of benzene rings is 2. The fraction of sp³-hybridized carbons (Fsp3) is 0.379. The highest BCUT2D eigenvalue weighted by Crippen LogP contribution is 2.34.